The van der Waals surface area contributed by atoms with Crippen molar-refractivity contribution in [1.29, 1.82) is 0 Å². The molecular formula is C26H36N10O7. The van der Waals surface area contributed by atoms with E-state index in [-0.39, 0.29) is 54.6 Å². The number of aryl methyl sites for hydroxylation is 1. The van der Waals surface area contributed by atoms with Crippen molar-refractivity contribution >= 4 is 35.3 Å². The lowest BCUT2D eigenvalue weighted by Crippen LogP contribution is -2.55. The van der Waals surface area contributed by atoms with Crippen LogP contribution in [0.5, 0.6) is 5.75 Å². The summed E-state index contributed by atoms with van der Waals surface area (Å²) >= 11 is 0. The van der Waals surface area contributed by atoms with Gasteiger partial charge in [-0.05, 0) is 44.9 Å². The highest BCUT2D eigenvalue weighted by atomic mass is 16.5. The Morgan fingerprint density at radius 1 is 1.14 bits per heavy atom. The average molecular weight is 601 g/mol. The molecule has 3 rings (SSSR count). The van der Waals surface area contributed by atoms with Gasteiger partial charge < -0.3 is 43.2 Å². The van der Waals surface area contributed by atoms with Crippen LogP contribution in [-0.4, -0.2) is 77.0 Å². The van der Waals surface area contributed by atoms with E-state index in [9.17, 15) is 28.8 Å². The number of fused-ring (bicyclic) bond motifs is 1. The second-order valence-corrected chi connectivity index (χ2v) is 10.0. The molecule has 43 heavy (non-hydrogen) atoms. The van der Waals surface area contributed by atoms with Crippen LogP contribution in [0.3, 0.4) is 0 Å². The summed E-state index contributed by atoms with van der Waals surface area (Å²) in [6.45, 7) is 2.74. The number of guanidine groups is 1. The molecule has 17 heteroatoms. The molecule has 11 N–H and O–H groups in total. The second kappa shape index (κ2) is 14.6. The van der Waals surface area contributed by atoms with Crippen LogP contribution in [0.4, 0.5) is 5.69 Å². The van der Waals surface area contributed by atoms with E-state index in [1.807, 2.05) is 0 Å². The molecule has 0 radical (unpaired) electrons. The van der Waals surface area contributed by atoms with E-state index < -0.39 is 59.5 Å². The first-order chi connectivity index (χ1) is 20.3. The van der Waals surface area contributed by atoms with Crippen molar-refractivity contribution in [1.82, 2.24) is 25.5 Å². The third-order valence-corrected chi connectivity index (χ3v) is 6.29. The van der Waals surface area contributed by atoms with E-state index in [1.165, 1.54) is 31.3 Å². The molecule has 3 atom stereocenters. The highest BCUT2D eigenvalue weighted by Gasteiger charge is 2.26. The van der Waals surface area contributed by atoms with Crippen molar-refractivity contribution < 1.29 is 23.9 Å². The summed E-state index contributed by atoms with van der Waals surface area (Å²) in [7, 11) is 0. The lowest BCUT2D eigenvalue weighted by molar-refractivity contribution is -0.130. The third-order valence-electron chi connectivity index (χ3n) is 6.29. The number of benzene rings is 1. The number of rotatable bonds is 7. The molecule has 1 unspecified atom stereocenters. The molecule has 2 aromatic rings. The Balaban J connectivity index is 1.77. The van der Waals surface area contributed by atoms with E-state index in [0.29, 0.717) is 6.42 Å². The zero-order chi connectivity index (χ0) is 31.7. The molecule has 0 spiro atoms. The highest BCUT2D eigenvalue weighted by Crippen LogP contribution is 2.23. The van der Waals surface area contributed by atoms with Crippen molar-refractivity contribution in [2.75, 3.05) is 25.0 Å². The van der Waals surface area contributed by atoms with Gasteiger partial charge in [0.1, 0.15) is 31.0 Å². The molecule has 1 aromatic heterocycles. The van der Waals surface area contributed by atoms with Gasteiger partial charge in [-0.3, -0.25) is 38.5 Å². The Labute approximate surface area is 245 Å². The normalized spacial score (nSPS) is 19.4. The monoisotopic (exact) mass is 600 g/mol. The number of aliphatic imine (C=N–C) groups is 1. The van der Waals surface area contributed by atoms with Gasteiger partial charge in [-0.1, -0.05) is 0 Å². The van der Waals surface area contributed by atoms with E-state index >= 15 is 0 Å². The molecule has 1 aliphatic heterocycles. The molecule has 0 saturated heterocycles. The summed E-state index contributed by atoms with van der Waals surface area (Å²) < 4.78 is 6.88. The summed E-state index contributed by atoms with van der Waals surface area (Å²) in [4.78, 5) is 81.1. The maximum absolute atomic E-state index is 13.1. The second-order valence-electron chi connectivity index (χ2n) is 10.0. The van der Waals surface area contributed by atoms with Crippen molar-refractivity contribution in [2.24, 2.45) is 22.2 Å². The molecule has 0 saturated carbocycles. The Bertz CT molecular complexity index is 1510. The van der Waals surface area contributed by atoms with Crippen LogP contribution in [0.25, 0.3) is 0 Å². The van der Waals surface area contributed by atoms with E-state index in [2.05, 4.69) is 31.2 Å². The van der Waals surface area contributed by atoms with Gasteiger partial charge >= 0.3 is 5.69 Å². The zero-order valence-electron chi connectivity index (χ0n) is 23.8. The summed E-state index contributed by atoms with van der Waals surface area (Å²) in [5.41, 5.74) is 15.8. The average Bonchev–Trinajstić information content (AvgIpc) is 2.94. The van der Waals surface area contributed by atoms with Crippen molar-refractivity contribution in [3.05, 3.63) is 56.4 Å². The van der Waals surface area contributed by atoms with E-state index in [4.69, 9.17) is 21.9 Å². The van der Waals surface area contributed by atoms with Gasteiger partial charge in [-0.25, -0.2) is 4.79 Å². The number of anilines is 1. The number of nitrogens with two attached hydrogens (primary N) is 3. The minimum absolute atomic E-state index is 0.0238. The lowest BCUT2D eigenvalue weighted by atomic mass is 10.1. The number of aromatic nitrogens is 2. The van der Waals surface area contributed by atoms with Gasteiger partial charge in [0, 0.05) is 30.5 Å². The van der Waals surface area contributed by atoms with E-state index in [0.717, 1.165) is 4.57 Å². The molecule has 4 amide bonds. The number of nitrogens with zero attached hydrogens (tertiary/aromatic N) is 2. The molecule has 232 valence electrons. The first-order valence-electron chi connectivity index (χ1n) is 13.4. The minimum Gasteiger partial charge on any atom is -0.491 e. The number of hydrogen-bond donors (Lipinski definition) is 8. The molecule has 0 bridgehead atoms. The maximum atomic E-state index is 13.1. The van der Waals surface area contributed by atoms with Gasteiger partial charge in [0.15, 0.2) is 5.96 Å². The van der Waals surface area contributed by atoms with Crippen LogP contribution in [0.15, 0.2) is 39.0 Å². The van der Waals surface area contributed by atoms with Gasteiger partial charge in [0.25, 0.3) is 11.5 Å². The number of H-pyrrole nitrogens is 1. The van der Waals surface area contributed by atoms with Crippen LogP contribution in [0.1, 0.15) is 35.7 Å². The molecule has 0 aliphatic carbocycles. The standard InChI is InChI=1S/C26H36N10O7/c1-13-10-36(26(42)35-21(13)38)11-20(37)33-15-5-6-19-16(8-15)22(39)31-9-17(27)23(40)34-18(4-3-7-30-25(28)29)24(41)32-14(2)12-43-19/h5-6,8,10,14,17-18H,3-4,7,9,11-12,27H2,1-2H3,(H,31,39)(H,32,41)(H,33,37)(H,34,40)(H4,28,29,30)(H,35,38,42)/t14?,17-,18-/m0/s1. The molecule has 1 aliphatic rings. The lowest BCUT2D eigenvalue weighted by Gasteiger charge is -2.24. The number of ether oxygens (including phenoxy) is 1. The number of carbonyl (C=O) groups is 4. The summed E-state index contributed by atoms with van der Waals surface area (Å²) in [5.74, 6) is -2.29. The number of carbonyl (C=O) groups excluding carboxylic acids is 4. The first kappa shape index (κ1) is 32.3. The van der Waals surface area contributed by atoms with Crippen LogP contribution >= 0.6 is 0 Å². The Morgan fingerprint density at radius 2 is 1.88 bits per heavy atom. The van der Waals surface area contributed by atoms with Crippen LogP contribution in [-0.2, 0) is 20.9 Å². The zero-order valence-corrected chi connectivity index (χ0v) is 23.8. The predicted octanol–water partition coefficient (Wildman–Crippen LogP) is -3.02. The van der Waals surface area contributed by atoms with Gasteiger partial charge in [-0.2, -0.15) is 0 Å². The van der Waals surface area contributed by atoms with Gasteiger partial charge in [0.2, 0.25) is 17.7 Å². The molecule has 2 heterocycles. The predicted molar refractivity (Wildman–Crippen MR) is 156 cm³/mol. The molecule has 1 aromatic carbocycles. The fourth-order valence-corrected chi connectivity index (χ4v) is 4.04. The van der Waals surface area contributed by atoms with E-state index in [1.54, 1.807) is 6.92 Å². The highest BCUT2D eigenvalue weighted by molar-refractivity contribution is 6.00. The van der Waals surface area contributed by atoms with Gasteiger partial charge in [-0.15, -0.1) is 0 Å². The Hall–Kier alpha value is -5.19. The Morgan fingerprint density at radius 3 is 2.60 bits per heavy atom. The number of amides is 4. The molecule has 0 fully saturated rings. The van der Waals surface area contributed by atoms with Crippen molar-refractivity contribution in [3.63, 3.8) is 0 Å². The smallest absolute Gasteiger partial charge is 0.328 e. The third kappa shape index (κ3) is 9.42. The largest absolute Gasteiger partial charge is 0.491 e. The van der Waals surface area contributed by atoms with Gasteiger partial charge in [0.05, 0.1) is 11.6 Å². The maximum Gasteiger partial charge on any atom is 0.328 e. The summed E-state index contributed by atoms with van der Waals surface area (Å²) in [6, 6.07) is 1.66. The number of nitrogens with one attached hydrogen (secondary N) is 5. The van der Waals surface area contributed by atoms with Crippen molar-refractivity contribution in [2.45, 2.75) is 51.4 Å². The van der Waals surface area contributed by atoms with Crippen LogP contribution in [0.2, 0.25) is 0 Å². The van der Waals surface area contributed by atoms with Crippen LogP contribution in [0, 0.1) is 6.92 Å². The fraction of sp³-hybridized carbons (Fsp3) is 0.423. The topological polar surface area (TPSA) is 271 Å². The molecular weight excluding hydrogens is 564 g/mol. The SMILES string of the molecule is Cc1cn(CC(=O)Nc2ccc3c(c2)C(=O)NC[C@H](N)C(=O)N[C@@H](CCCN=C(N)N)C(=O)NC(C)CO3)c(=O)[nH]c1=O. The van der Waals surface area contributed by atoms with Crippen molar-refractivity contribution in [3.8, 4) is 5.75 Å². The fourth-order valence-electron chi connectivity index (χ4n) is 4.04. The summed E-state index contributed by atoms with van der Waals surface area (Å²) in [6.07, 6.45) is 1.90. The number of aromatic amines is 1. The minimum atomic E-state index is -1.19. The number of hydrogen-bond acceptors (Lipinski definition) is 9. The molecule has 17 nitrogen and oxygen atoms in total. The quantitative estimate of drug-likeness (QED) is 0.0904. The van der Waals surface area contributed by atoms with Crippen LogP contribution < -0.4 is 54.5 Å². The first-order valence-corrected chi connectivity index (χ1v) is 13.4. The Kier molecular flexibility index (Phi) is 11.0. The summed E-state index contributed by atoms with van der Waals surface area (Å²) in [5, 5.41) is 10.5.